The lowest BCUT2D eigenvalue weighted by Gasteiger charge is -2.25. The van der Waals surface area contributed by atoms with Crippen molar-refractivity contribution in [3.63, 3.8) is 0 Å². The van der Waals surface area contributed by atoms with E-state index in [0.717, 1.165) is 24.3 Å². The first kappa shape index (κ1) is 16.3. The smallest absolute Gasteiger partial charge is 0.244 e. The zero-order valence-corrected chi connectivity index (χ0v) is 11.8. The number of aliphatic hydroxyl groups is 1. The molecule has 110 valence electrons. The van der Waals surface area contributed by atoms with Gasteiger partial charge in [-0.2, -0.15) is 0 Å². The summed E-state index contributed by atoms with van der Waals surface area (Å²) in [5.41, 5.74) is -0.617. The van der Waals surface area contributed by atoms with E-state index in [2.05, 4.69) is 5.32 Å². The largest absolute Gasteiger partial charge is 0.391 e. The number of hydrogen-bond donors (Lipinski definition) is 2. The summed E-state index contributed by atoms with van der Waals surface area (Å²) in [4.78, 5) is 11.5. The highest BCUT2D eigenvalue weighted by atomic mass is 19.1. The molecule has 1 rings (SSSR count). The van der Waals surface area contributed by atoms with Crippen LogP contribution in [0.25, 0.3) is 6.08 Å². The van der Waals surface area contributed by atoms with E-state index in [1.807, 2.05) is 20.8 Å². The molecule has 5 heteroatoms. The minimum atomic E-state index is -0.733. The molecule has 1 aromatic rings. The monoisotopic (exact) mass is 283 g/mol. The average Bonchev–Trinajstić information content (AvgIpc) is 2.34. The van der Waals surface area contributed by atoms with Crippen molar-refractivity contribution in [2.24, 2.45) is 5.41 Å². The quantitative estimate of drug-likeness (QED) is 0.834. The summed E-state index contributed by atoms with van der Waals surface area (Å²) >= 11 is 0. The van der Waals surface area contributed by atoms with Crippen molar-refractivity contribution in [1.29, 1.82) is 0 Å². The predicted molar refractivity (Wildman–Crippen MR) is 73.9 cm³/mol. The maximum atomic E-state index is 13.3. The second kappa shape index (κ2) is 6.61. The Morgan fingerprint density at radius 1 is 1.35 bits per heavy atom. The van der Waals surface area contributed by atoms with E-state index < -0.39 is 23.6 Å². The van der Waals surface area contributed by atoms with E-state index in [9.17, 15) is 18.7 Å². The number of hydrogen-bond acceptors (Lipinski definition) is 2. The maximum absolute atomic E-state index is 13.3. The Morgan fingerprint density at radius 2 is 1.90 bits per heavy atom. The van der Waals surface area contributed by atoms with Gasteiger partial charge in [-0.05, 0) is 23.6 Å². The summed E-state index contributed by atoms with van der Waals surface area (Å²) in [7, 11) is 0. The fourth-order valence-electron chi connectivity index (χ4n) is 1.39. The van der Waals surface area contributed by atoms with Crippen LogP contribution in [-0.2, 0) is 4.79 Å². The third-order valence-corrected chi connectivity index (χ3v) is 2.87. The maximum Gasteiger partial charge on any atom is 0.244 e. The summed E-state index contributed by atoms with van der Waals surface area (Å²) in [5.74, 6) is -1.98. The first-order valence-electron chi connectivity index (χ1n) is 6.30. The van der Waals surface area contributed by atoms with Gasteiger partial charge < -0.3 is 10.4 Å². The molecule has 1 aromatic carbocycles. The first-order valence-corrected chi connectivity index (χ1v) is 6.30. The second-order valence-corrected chi connectivity index (χ2v) is 5.60. The molecule has 0 bridgehead atoms. The van der Waals surface area contributed by atoms with Gasteiger partial charge in [-0.3, -0.25) is 4.79 Å². The first-order chi connectivity index (χ1) is 9.21. The van der Waals surface area contributed by atoms with Crippen LogP contribution >= 0.6 is 0 Å². The van der Waals surface area contributed by atoms with Crippen LogP contribution in [0.3, 0.4) is 0 Å². The lowest BCUT2D eigenvalue weighted by Crippen LogP contribution is -2.38. The van der Waals surface area contributed by atoms with Crippen molar-refractivity contribution < 1.29 is 18.7 Å². The summed E-state index contributed by atoms with van der Waals surface area (Å²) < 4.78 is 26.6. The Balaban J connectivity index is 2.61. The SMILES string of the molecule is CC(C)(C)C(O)CNC(=O)/C=C/c1c(F)cccc1F. The van der Waals surface area contributed by atoms with Crippen molar-refractivity contribution in [2.75, 3.05) is 6.54 Å². The van der Waals surface area contributed by atoms with E-state index in [0.29, 0.717) is 0 Å². The molecular formula is C15H19F2NO2. The highest BCUT2D eigenvalue weighted by Crippen LogP contribution is 2.18. The molecule has 3 nitrogen and oxygen atoms in total. The molecule has 2 N–H and O–H groups in total. The van der Waals surface area contributed by atoms with Gasteiger partial charge in [0.1, 0.15) is 11.6 Å². The Kier molecular flexibility index (Phi) is 5.39. The zero-order valence-electron chi connectivity index (χ0n) is 11.8. The van der Waals surface area contributed by atoms with Gasteiger partial charge in [-0.15, -0.1) is 0 Å². The molecule has 0 fully saturated rings. The average molecular weight is 283 g/mol. The van der Waals surface area contributed by atoms with Gasteiger partial charge in [0, 0.05) is 18.2 Å². The van der Waals surface area contributed by atoms with Gasteiger partial charge in [0.15, 0.2) is 0 Å². The number of nitrogens with one attached hydrogen (secondary N) is 1. The standard InChI is InChI=1S/C15H19F2NO2/c1-15(2,3)13(19)9-18-14(20)8-7-10-11(16)5-4-6-12(10)17/h4-8,13,19H,9H2,1-3H3,(H,18,20)/b8-7+. The Labute approximate surface area is 117 Å². The van der Waals surface area contributed by atoms with Gasteiger partial charge in [0.25, 0.3) is 0 Å². The van der Waals surface area contributed by atoms with Crippen LogP contribution in [0.15, 0.2) is 24.3 Å². The highest BCUT2D eigenvalue weighted by Gasteiger charge is 2.21. The Morgan fingerprint density at radius 3 is 2.40 bits per heavy atom. The number of carbonyl (C=O) groups excluding carboxylic acids is 1. The minimum absolute atomic E-state index is 0.0758. The molecule has 0 radical (unpaired) electrons. The number of halogens is 2. The summed E-state index contributed by atoms with van der Waals surface area (Å²) in [5, 5.41) is 12.2. The van der Waals surface area contributed by atoms with Crippen LogP contribution in [0.5, 0.6) is 0 Å². The predicted octanol–water partition coefficient (Wildman–Crippen LogP) is 2.50. The molecule has 0 aliphatic carbocycles. The lowest BCUT2D eigenvalue weighted by molar-refractivity contribution is -0.117. The molecule has 1 atom stereocenters. The van der Waals surface area contributed by atoms with Gasteiger partial charge in [0.05, 0.1) is 6.10 Å². The fraction of sp³-hybridized carbons (Fsp3) is 0.400. The molecule has 1 unspecified atom stereocenters. The third kappa shape index (κ3) is 4.74. The topological polar surface area (TPSA) is 49.3 Å². The molecule has 0 aliphatic rings. The molecule has 0 saturated heterocycles. The normalized spacial score (nSPS) is 13.5. The number of amides is 1. The molecular weight excluding hydrogens is 264 g/mol. The van der Waals surface area contributed by atoms with Gasteiger partial charge in [0.2, 0.25) is 5.91 Å². The van der Waals surface area contributed by atoms with Crippen molar-refractivity contribution in [2.45, 2.75) is 26.9 Å². The summed E-state index contributed by atoms with van der Waals surface area (Å²) in [6, 6.07) is 3.48. The number of aliphatic hydroxyl groups excluding tert-OH is 1. The van der Waals surface area contributed by atoms with Crippen LogP contribution in [0.4, 0.5) is 8.78 Å². The highest BCUT2D eigenvalue weighted by molar-refractivity contribution is 5.91. The summed E-state index contributed by atoms with van der Waals surface area (Å²) in [6.07, 6.45) is 1.41. The van der Waals surface area contributed by atoms with Gasteiger partial charge in [-0.1, -0.05) is 26.8 Å². The van der Waals surface area contributed by atoms with Crippen molar-refractivity contribution >= 4 is 12.0 Å². The van der Waals surface area contributed by atoms with Crippen LogP contribution in [0, 0.1) is 17.0 Å². The van der Waals surface area contributed by atoms with Crippen molar-refractivity contribution in [1.82, 2.24) is 5.32 Å². The van der Waals surface area contributed by atoms with E-state index in [-0.39, 0.29) is 17.5 Å². The Bertz CT molecular complexity index is 487. The minimum Gasteiger partial charge on any atom is -0.391 e. The number of carbonyl (C=O) groups is 1. The number of rotatable bonds is 4. The van der Waals surface area contributed by atoms with Crippen molar-refractivity contribution in [3.05, 3.63) is 41.5 Å². The van der Waals surface area contributed by atoms with E-state index in [1.54, 1.807) is 0 Å². The van der Waals surface area contributed by atoms with Crippen molar-refractivity contribution in [3.8, 4) is 0 Å². The molecule has 0 heterocycles. The van der Waals surface area contributed by atoms with E-state index in [4.69, 9.17) is 0 Å². The van der Waals surface area contributed by atoms with Crippen LogP contribution in [0.1, 0.15) is 26.3 Å². The Hall–Kier alpha value is -1.75. The van der Waals surface area contributed by atoms with Gasteiger partial charge >= 0.3 is 0 Å². The lowest BCUT2D eigenvalue weighted by atomic mass is 9.89. The zero-order chi connectivity index (χ0) is 15.3. The van der Waals surface area contributed by atoms with E-state index in [1.165, 1.54) is 6.07 Å². The fourth-order valence-corrected chi connectivity index (χ4v) is 1.39. The molecule has 0 aliphatic heterocycles. The van der Waals surface area contributed by atoms with Crippen LogP contribution in [-0.4, -0.2) is 23.7 Å². The molecule has 0 saturated carbocycles. The third-order valence-electron chi connectivity index (χ3n) is 2.87. The molecule has 0 aromatic heterocycles. The molecule has 20 heavy (non-hydrogen) atoms. The van der Waals surface area contributed by atoms with Crippen LogP contribution in [0.2, 0.25) is 0 Å². The second-order valence-electron chi connectivity index (χ2n) is 5.60. The molecule has 0 spiro atoms. The number of benzene rings is 1. The van der Waals surface area contributed by atoms with Gasteiger partial charge in [-0.25, -0.2) is 8.78 Å². The van der Waals surface area contributed by atoms with Crippen LogP contribution < -0.4 is 5.32 Å². The van der Waals surface area contributed by atoms with E-state index >= 15 is 0 Å². The molecule has 1 amide bonds. The summed E-state index contributed by atoms with van der Waals surface area (Å²) in [6.45, 7) is 5.60.